The minimum absolute atomic E-state index is 0.0695. The Hall–Kier alpha value is -1.23. The molecule has 2 rings (SSSR count). The lowest BCUT2D eigenvalue weighted by Gasteiger charge is -1.99. The summed E-state index contributed by atoms with van der Waals surface area (Å²) in [7, 11) is 0. The third-order valence-corrected chi connectivity index (χ3v) is 2.36. The lowest BCUT2D eigenvalue weighted by atomic mass is 10.3. The molecule has 1 unspecified atom stereocenters. The highest BCUT2D eigenvalue weighted by molar-refractivity contribution is 9.10. The van der Waals surface area contributed by atoms with Gasteiger partial charge in [0.15, 0.2) is 0 Å². The van der Waals surface area contributed by atoms with Crippen LogP contribution in [-0.4, -0.2) is 22.8 Å². The van der Waals surface area contributed by atoms with E-state index in [1.54, 1.807) is 19.3 Å². The normalized spacial score (nSPS) is 20.6. The second kappa shape index (κ2) is 3.49. The van der Waals surface area contributed by atoms with Crippen molar-refractivity contribution in [3.05, 3.63) is 28.5 Å². The van der Waals surface area contributed by atoms with E-state index in [4.69, 9.17) is 0 Å². The van der Waals surface area contributed by atoms with Gasteiger partial charge in [-0.2, -0.15) is 0 Å². The van der Waals surface area contributed by atoms with E-state index in [1.807, 2.05) is 6.07 Å². The van der Waals surface area contributed by atoms with Gasteiger partial charge in [-0.25, -0.2) is 0 Å². The zero-order valence-electron chi connectivity index (χ0n) is 7.49. The number of hydrogen-bond acceptors (Lipinski definition) is 3. The van der Waals surface area contributed by atoms with E-state index in [0.29, 0.717) is 5.84 Å². The van der Waals surface area contributed by atoms with Crippen molar-refractivity contribution in [3.63, 3.8) is 0 Å². The van der Waals surface area contributed by atoms with Crippen molar-refractivity contribution < 1.29 is 4.79 Å². The minimum Gasteiger partial charge on any atom is -0.309 e. The van der Waals surface area contributed by atoms with Crippen LogP contribution in [-0.2, 0) is 4.79 Å². The summed E-state index contributed by atoms with van der Waals surface area (Å²) < 4.78 is 0.867. The van der Waals surface area contributed by atoms with Gasteiger partial charge >= 0.3 is 0 Å². The number of hydrogen-bond donors (Lipinski definition) is 1. The molecule has 0 saturated carbocycles. The third kappa shape index (κ3) is 1.68. The molecule has 1 atom stereocenters. The average Bonchev–Trinajstić information content (AvgIpc) is 2.47. The molecule has 1 aliphatic heterocycles. The van der Waals surface area contributed by atoms with E-state index < -0.39 is 0 Å². The largest absolute Gasteiger partial charge is 0.309 e. The second-order valence-corrected chi connectivity index (χ2v) is 3.95. The highest BCUT2D eigenvalue weighted by Gasteiger charge is 2.22. The monoisotopic (exact) mass is 253 g/mol. The van der Waals surface area contributed by atoms with Gasteiger partial charge in [0.1, 0.15) is 11.9 Å². The standard InChI is InChI=1S/C9H8BrN3O/c1-5-9(14)13-8(12-5)6-2-7(10)4-11-3-6/h2-5H,1H3,(H,12,13,14). The molecule has 14 heavy (non-hydrogen) atoms. The number of aliphatic imine (C=N–C) groups is 1. The van der Waals surface area contributed by atoms with Crippen molar-refractivity contribution in [3.8, 4) is 0 Å². The maximum atomic E-state index is 11.2. The fourth-order valence-corrected chi connectivity index (χ4v) is 1.56. The van der Waals surface area contributed by atoms with Crippen molar-refractivity contribution in [2.75, 3.05) is 0 Å². The van der Waals surface area contributed by atoms with Crippen molar-refractivity contribution in [1.29, 1.82) is 0 Å². The first-order chi connectivity index (χ1) is 6.66. The summed E-state index contributed by atoms with van der Waals surface area (Å²) in [4.78, 5) is 19.4. The highest BCUT2D eigenvalue weighted by Crippen LogP contribution is 2.12. The van der Waals surface area contributed by atoms with Crippen LogP contribution < -0.4 is 5.32 Å². The molecule has 0 spiro atoms. The van der Waals surface area contributed by atoms with Gasteiger partial charge in [-0.05, 0) is 28.9 Å². The fraction of sp³-hybridized carbons (Fsp3) is 0.222. The zero-order valence-corrected chi connectivity index (χ0v) is 9.08. The smallest absolute Gasteiger partial charge is 0.250 e. The van der Waals surface area contributed by atoms with Crippen molar-refractivity contribution in [2.45, 2.75) is 13.0 Å². The van der Waals surface area contributed by atoms with Gasteiger partial charge in [0, 0.05) is 22.4 Å². The first-order valence-corrected chi connectivity index (χ1v) is 4.96. The first kappa shape index (κ1) is 9.33. The van der Waals surface area contributed by atoms with E-state index >= 15 is 0 Å². The van der Waals surface area contributed by atoms with Gasteiger partial charge in [-0.3, -0.25) is 14.8 Å². The van der Waals surface area contributed by atoms with E-state index in [1.165, 1.54) is 0 Å². The Morgan fingerprint density at radius 1 is 1.50 bits per heavy atom. The number of halogens is 1. The average molecular weight is 254 g/mol. The minimum atomic E-state index is -0.302. The maximum absolute atomic E-state index is 11.2. The summed E-state index contributed by atoms with van der Waals surface area (Å²) in [6.45, 7) is 1.76. The Bertz CT molecular complexity index is 416. The van der Waals surface area contributed by atoms with Gasteiger partial charge < -0.3 is 5.32 Å². The van der Waals surface area contributed by atoms with E-state index in [9.17, 15) is 4.79 Å². The lowest BCUT2D eigenvalue weighted by Crippen LogP contribution is -2.27. The predicted octanol–water partition coefficient (Wildman–Crippen LogP) is 1.11. The van der Waals surface area contributed by atoms with E-state index in [2.05, 4.69) is 31.2 Å². The first-order valence-electron chi connectivity index (χ1n) is 4.16. The van der Waals surface area contributed by atoms with Crippen LogP contribution in [0.5, 0.6) is 0 Å². The predicted molar refractivity (Wildman–Crippen MR) is 56.1 cm³/mol. The Labute approximate surface area is 89.6 Å². The number of rotatable bonds is 1. The Balaban J connectivity index is 2.33. The molecule has 0 bridgehead atoms. The molecule has 0 saturated heterocycles. The summed E-state index contributed by atoms with van der Waals surface area (Å²) in [5, 5.41) is 2.70. The lowest BCUT2D eigenvalue weighted by molar-refractivity contribution is -0.119. The molecule has 0 radical (unpaired) electrons. The van der Waals surface area contributed by atoms with Gasteiger partial charge in [-0.1, -0.05) is 0 Å². The molecule has 1 N–H and O–H groups in total. The van der Waals surface area contributed by atoms with Crippen LogP contribution in [0.1, 0.15) is 12.5 Å². The topological polar surface area (TPSA) is 54.4 Å². The van der Waals surface area contributed by atoms with Crippen molar-refractivity contribution >= 4 is 27.7 Å². The van der Waals surface area contributed by atoms with Crippen LogP contribution in [0.3, 0.4) is 0 Å². The molecular formula is C9H8BrN3O. The molecular weight excluding hydrogens is 246 g/mol. The van der Waals surface area contributed by atoms with Gasteiger partial charge in [0.2, 0.25) is 5.91 Å². The Morgan fingerprint density at radius 2 is 2.29 bits per heavy atom. The number of carbonyl (C=O) groups excluding carboxylic acids is 1. The fourth-order valence-electron chi connectivity index (χ4n) is 1.19. The molecule has 0 aliphatic carbocycles. The van der Waals surface area contributed by atoms with Crippen molar-refractivity contribution in [1.82, 2.24) is 10.3 Å². The maximum Gasteiger partial charge on any atom is 0.250 e. The number of amides is 1. The van der Waals surface area contributed by atoms with Crippen LogP contribution in [0.2, 0.25) is 0 Å². The van der Waals surface area contributed by atoms with Crippen LogP contribution in [0.15, 0.2) is 27.9 Å². The zero-order chi connectivity index (χ0) is 10.1. The molecule has 4 nitrogen and oxygen atoms in total. The number of nitrogens with zero attached hydrogens (tertiary/aromatic N) is 2. The number of amidine groups is 1. The van der Waals surface area contributed by atoms with Gasteiger partial charge in [0.25, 0.3) is 0 Å². The quantitative estimate of drug-likeness (QED) is 0.816. The van der Waals surface area contributed by atoms with Crippen LogP contribution in [0, 0.1) is 0 Å². The Kier molecular flexibility index (Phi) is 2.33. The molecule has 1 aliphatic rings. The number of pyridine rings is 1. The SMILES string of the molecule is CC1N=C(c2cncc(Br)c2)NC1=O. The third-order valence-electron chi connectivity index (χ3n) is 1.92. The van der Waals surface area contributed by atoms with E-state index in [0.717, 1.165) is 10.0 Å². The number of nitrogens with one attached hydrogen (secondary N) is 1. The summed E-state index contributed by atoms with van der Waals surface area (Å²) in [5.74, 6) is 0.524. The molecule has 2 heterocycles. The molecule has 0 fully saturated rings. The number of aromatic nitrogens is 1. The summed E-state index contributed by atoms with van der Waals surface area (Å²) >= 11 is 3.31. The van der Waals surface area contributed by atoms with Crippen LogP contribution in [0.4, 0.5) is 0 Å². The highest BCUT2D eigenvalue weighted by atomic mass is 79.9. The Morgan fingerprint density at radius 3 is 2.86 bits per heavy atom. The van der Waals surface area contributed by atoms with Crippen molar-refractivity contribution in [2.24, 2.45) is 4.99 Å². The van der Waals surface area contributed by atoms with Crippen LogP contribution in [0.25, 0.3) is 0 Å². The van der Waals surface area contributed by atoms with Gasteiger partial charge in [-0.15, -0.1) is 0 Å². The summed E-state index contributed by atoms with van der Waals surface area (Å²) in [5.41, 5.74) is 0.817. The summed E-state index contributed by atoms with van der Waals surface area (Å²) in [6, 6.07) is 1.56. The number of carbonyl (C=O) groups is 1. The van der Waals surface area contributed by atoms with Gasteiger partial charge in [0.05, 0.1) is 0 Å². The summed E-state index contributed by atoms with van der Waals surface area (Å²) in [6.07, 6.45) is 3.35. The van der Waals surface area contributed by atoms with Crippen LogP contribution >= 0.6 is 15.9 Å². The molecule has 1 aromatic rings. The second-order valence-electron chi connectivity index (χ2n) is 3.03. The van der Waals surface area contributed by atoms with E-state index in [-0.39, 0.29) is 11.9 Å². The molecule has 72 valence electrons. The molecule has 1 amide bonds. The molecule has 5 heteroatoms. The molecule has 1 aromatic heterocycles. The molecule has 0 aromatic carbocycles.